The van der Waals surface area contributed by atoms with Gasteiger partial charge in [0, 0.05) is 19.2 Å². The van der Waals surface area contributed by atoms with Crippen LogP contribution in [0.2, 0.25) is 0 Å². The predicted molar refractivity (Wildman–Crippen MR) is 98.8 cm³/mol. The number of fused-ring (bicyclic) bond motifs is 1. The Labute approximate surface area is 161 Å². The van der Waals surface area contributed by atoms with Crippen LogP contribution in [0.4, 0.5) is 0 Å². The van der Waals surface area contributed by atoms with Gasteiger partial charge in [-0.2, -0.15) is 5.10 Å². The van der Waals surface area contributed by atoms with Gasteiger partial charge in [-0.05, 0) is 29.8 Å². The highest BCUT2D eigenvalue weighted by atomic mass is 16.5. The van der Waals surface area contributed by atoms with Crippen LogP contribution in [0.1, 0.15) is 38.0 Å². The largest absolute Gasteiger partial charge is 0.465 e. The summed E-state index contributed by atoms with van der Waals surface area (Å²) in [6, 6.07) is 10.2. The van der Waals surface area contributed by atoms with Crippen molar-refractivity contribution in [2.75, 3.05) is 27.4 Å². The van der Waals surface area contributed by atoms with E-state index in [9.17, 15) is 9.59 Å². The molecule has 0 unspecified atom stereocenters. The highest BCUT2D eigenvalue weighted by molar-refractivity contribution is 6.00. The molecule has 1 aromatic carbocycles. The van der Waals surface area contributed by atoms with E-state index in [0.717, 1.165) is 11.1 Å². The normalized spacial score (nSPS) is 15.7. The van der Waals surface area contributed by atoms with Crippen LogP contribution in [0, 0.1) is 0 Å². The molecule has 0 saturated carbocycles. The van der Waals surface area contributed by atoms with Gasteiger partial charge in [-0.1, -0.05) is 12.1 Å². The van der Waals surface area contributed by atoms with Gasteiger partial charge in [-0.25, -0.2) is 4.79 Å². The highest BCUT2D eigenvalue weighted by Gasteiger charge is 2.42. The smallest absolute Gasteiger partial charge is 0.337 e. The number of carbonyl (C=O) groups is 2. The van der Waals surface area contributed by atoms with Crippen LogP contribution in [0.3, 0.4) is 0 Å². The average molecular weight is 381 g/mol. The van der Waals surface area contributed by atoms with E-state index in [0.29, 0.717) is 35.9 Å². The minimum absolute atomic E-state index is 0.178. The maximum atomic E-state index is 13.0. The van der Waals surface area contributed by atoms with Gasteiger partial charge in [0.15, 0.2) is 11.5 Å². The molecule has 1 aliphatic heterocycles. The molecule has 2 aromatic heterocycles. The lowest BCUT2D eigenvalue weighted by Gasteiger charge is -2.26. The number of hydrogen-bond acceptors (Lipinski definition) is 6. The van der Waals surface area contributed by atoms with Crippen LogP contribution in [-0.4, -0.2) is 54.3 Å². The molecule has 0 aliphatic carbocycles. The summed E-state index contributed by atoms with van der Waals surface area (Å²) >= 11 is 0. The first kappa shape index (κ1) is 18.0. The fourth-order valence-electron chi connectivity index (χ4n) is 3.48. The van der Waals surface area contributed by atoms with Gasteiger partial charge in [0.1, 0.15) is 5.69 Å². The zero-order valence-corrected chi connectivity index (χ0v) is 15.5. The SMILES string of the molecule is COCCN1C(=O)c2n[nH]c(-c3ccco3)c2[C@@H]1c1ccc(C(=O)OC)cc1. The summed E-state index contributed by atoms with van der Waals surface area (Å²) in [5, 5.41) is 7.16. The van der Waals surface area contributed by atoms with Crippen molar-refractivity contribution >= 4 is 11.9 Å². The van der Waals surface area contributed by atoms with Crippen LogP contribution >= 0.6 is 0 Å². The number of H-pyrrole nitrogens is 1. The lowest BCUT2D eigenvalue weighted by atomic mass is 9.97. The van der Waals surface area contributed by atoms with E-state index >= 15 is 0 Å². The van der Waals surface area contributed by atoms with Crippen molar-refractivity contribution in [3.05, 3.63) is 65.0 Å². The van der Waals surface area contributed by atoms with Gasteiger partial charge in [-0.3, -0.25) is 9.89 Å². The number of nitrogens with one attached hydrogen (secondary N) is 1. The standard InChI is InChI=1S/C20H19N3O5/c1-26-11-9-23-18(12-5-7-13(8-6-12)20(25)27-2)15-16(14-4-3-10-28-14)21-22-17(15)19(23)24/h3-8,10,18H,9,11H2,1-2H3,(H,21,22)/t18-/m0/s1. The Morgan fingerprint density at radius 2 is 2.04 bits per heavy atom. The van der Waals surface area contributed by atoms with Gasteiger partial charge in [0.05, 0.1) is 31.6 Å². The van der Waals surface area contributed by atoms with Crippen LogP contribution in [0.5, 0.6) is 0 Å². The molecule has 8 nitrogen and oxygen atoms in total. The van der Waals surface area contributed by atoms with E-state index in [2.05, 4.69) is 10.2 Å². The molecule has 144 valence electrons. The van der Waals surface area contributed by atoms with E-state index in [1.165, 1.54) is 7.11 Å². The molecule has 0 radical (unpaired) electrons. The number of ether oxygens (including phenoxy) is 2. The Kier molecular flexibility index (Phi) is 4.70. The molecule has 0 spiro atoms. The van der Waals surface area contributed by atoms with E-state index in [1.807, 2.05) is 18.2 Å². The Bertz CT molecular complexity index is 992. The minimum Gasteiger partial charge on any atom is -0.465 e. The Hall–Kier alpha value is -3.39. The third-order valence-corrected chi connectivity index (χ3v) is 4.80. The number of aromatic nitrogens is 2. The number of esters is 1. The molecule has 1 N–H and O–H groups in total. The summed E-state index contributed by atoms with van der Waals surface area (Å²) in [5.74, 6) is 0.0139. The van der Waals surface area contributed by atoms with E-state index in [1.54, 1.807) is 36.5 Å². The fraction of sp³-hybridized carbons (Fsp3) is 0.250. The summed E-state index contributed by atoms with van der Waals surface area (Å²) in [5.41, 5.74) is 3.07. The number of hydrogen-bond donors (Lipinski definition) is 1. The Morgan fingerprint density at radius 3 is 2.68 bits per heavy atom. The second-order valence-electron chi connectivity index (χ2n) is 6.35. The van der Waals surface area contributed by atoms with Crippen LogP contribution in [0.15, 0.2) is 47.1 Å². The lowest BCUT2D eigenvalue weighted by Crippen LogP contribution is -2.32. The first-order chi connectivity index (χ1) is 13.7. The van der Waals surface area contributed by atoms with Crippen LogP contribution in [0.25, 0.3) is 11.5 Å². The Morgan fingerprint density at radius 1 is 1.25 bits per heavy atom. The van der Waals surface area contributed by atoms with E-state index < -0.39 is 5.97 Å². The van der Waals surface area contributed by atoms with Crippen molar-refractivity contribution in [1.29, 1.82) is 0 Å². The first-order valence-electron chi connectivity index (χ1n) is 8.76. The summed E-state index contributed by atoms with van der Waals surface area (Å²) in [7, 11) is 2.93. The highest BCUT2D eigenvalue weighted by Crippen LogP contribution is 2.42. The van der Waals surface area contributed by atoms with Crippen molar-refractivity contribution in [3.8, 4) is 11.5 Å². The van der Waals surface area contributed by atoms with Gasteiger partial charge in [0.25, 0.3) is 5.91 Å². The number of nitrogens with zero attached hydrogens (tertiary/aromatic N) is 2. The molecular weight excluding hydrogens is 362 g/mol. The van der Waals surface area contributed by atoms with Crippen molar-refractivity contribution < 1.29 is 23.5 Å². The number of methoxy groups -OCH3 is 2. The molecule has 1 amide bonds. The minimum atomic E-state index is -0.412. The van der Waals surface area contributed by atoms with E-state index in [4.69, 9.17) is 13.9 Å². The molecule has 4 rings (SSSR count). The molecular formula is C20H19N3O5. The van der Waals surface area contributed by atoms with Crippen LogP contribution in [-0.2, 0) is 9.47 Å². The summed E-state index contributed by atoms with van der Waals surface area (Å²) in [6.07, 6.45) is 1.57. The van der Waals surface area contributed by atoms with E-state index in [-0.39, 0.29) is 11.9 Å². The number of carbonyl (C=O) groups excluding carboxylic acids is 2. The predicted octanol–water partition coefficient (Wildman–Crippen LogP) is 2.65. The number of rotatable bonds is 6. The number of benzene rings is 1. The summed E-state index contributed by atoms with van der Waals surface area (Å²) in [4.78, 5) is 26.4. The maximum absolute atomic E-state index is 13.0. The van der Waals surface area contributed by atoms with Gasteiger partial charge in [0.2, 0.25) is 0 Å². The summed E-state index contributed by atoms with van der Waals surface area (Å²) in [6.45, 7) is 0.805. The second kappa shape index (κ2) is 7.32. The van der Waals surface area contributed by atoms with Crippen molar-refractivity contribution in [3.63, 3.8) is 0 Å². The molecule has 8 heteroatoms. The van der Waals surface area contributed by atoms with Crippen molar-refractivity contribution in [1.82, 2.24) is 15.1 Å². The maximum Gasteiger partial charge on any atom is 0.337 e. The van der Waals surface area contributed by atoms with Crippen molar-refractivity contribution in [2.45, 2.75) is 6.04 Å². The molecule has 28 heavy (non-hydrogen) atoms. The Balaban J connectivity index is 1.80. The third-order valence-electron chi connectivity index (χ3n) is 4.80. The lowest BCUT2D eigenvalue weighted by molar-refractivity contribution is 0.0599. The molecule has 1 aliphatic rings. The molecule has 1 atom stereocenters. The molecule has 3 heterocycles. The average Bonchev–Trinajstić information content (AvgIpc) is 3.44. The second-order valence-corrected chi connectivity index (χ2v) is 6.35. The fourth-order valence-corrected chi connectivity index (χ4v) is 3.48. The van der Waals surface area contributed by atoms with Crippen molar-refractivity contribution in [2.24, 2.45) is 0 Å². The first-order valence-corrected chi connectivity index (χ1v) is 8.76. The number of amides is 1. The molecule has 3 aromatic rings. The topological polar surface area (TPSA) is 97.7 Å². The van der Waals surface area contributed by atoms with Gasteiger partial charge < -0.3 is 18.8 Å². The molecule has 0 fully saturated rings. The molecule has 0 bridgehead atoms. The van der Waals surface area contributed by atoms with Gasteiger partial charge >= 0.3 is 5.97 Å². The number of aromatic amines is 1. The zero-order valence-electron chi connectivity index (χ0n) is 15.5. The summed E-state index contributed by atoms with van der Waals surface area (Å²) < 4.78 is 15.5. The van der Waals surface area contributed by atoms with Crippen LogP contribution < -0.4 is 0 Å². The third kappa shape index (κ3) is 2.87. The quantitative estimate of drug-likeness (QED) is 0.659. The monoisotopic (exact) mass is 381 g/mol. The van der Waals surface area contributed by atoms with Gasteiger partial charge in [-0.15, -0.1) is 0 Å². The molecule has 0 saturated heterocycles. The number of furan rings is 1. The zero-order chi connectivity index (χ0) is 19.7.